The smallest absolute Gasteiger partial charge is 0.410 e. The average molecular weight is 493 g/mol. The van der Waals surface area contributed by atoms with Crippen molar-refractivity contribution in [1.29, 1.82) is 0 Å². The van der Waals surface area contributed by atoms with E-state index in [1.807, 2.05) is 53.4 Å². The molecule has 35 heavy (non-hydrogen) atoms. The Labute approximate surface area is 210 Å². The first-order valence-corrected chi connectivity index (χ1v) is 12.7. The Morgan fingerprint density at radius 1 is 1.11 bits per heavy atom. The molecule has 0 radical (unpaired) electrons. The van der Waals surface area contributed by atoms with E-state index in [4.69, 9.17) is 18.9 Å². The molecule has 1 heterocycles. The Morgan fingerprint density at radius 2 is 1.83 bits per heavy atom. The summed E-state index contributed by atoms with van der Waals surface area (Å²) in [5.74, 6) is 1.07. The Morgan fingerprint density at radius 3 is 2.43 bits per heavy atom. The topological polar surface area (TPSA) is 77.5 Å². The summed E-state index contributed by atoms with van der Waals surface area (Å²) in [6.07, 6.45) is 2.02. The second-order valence-corrected chi connectivity index (χ2v) is 10.6. The summed E-state index contributed by atoms with van der Waals surface area (Å²) in [6, 6.07) is 5.21. The molecule has 1 aliphatic rings. The van der Waals surface area contributed by atoms with Crippen molar-refractivity contribution in [3.8, 4) is 11.5 Å². The van der Waals surface area contributed by atoms with E-state index < -0.39 is 5.60 Å². The van der Waals surface area contributed by atoms with E-state index in [9.17, 15) is 9.59 Å². The minimum absolute atomic E-state index is 0.0221. The molecule has 2 rings (SSSR count). The fourth-order valence-electron chi connectivity index (χ4n) is 4.14. The van der Waals surface area contributed by atoms with Crippen molar-refractivity contribution in [2.24, 2.45) is 0 Å². The van der Waals surface area contributed by atoms with Gasteiger partial charge in [0.05, 0.1) is 18.8 Å². The largest absolute Gasteiger partial charge is 0.490 e. The average Bonchev–Trinajstić information content (AvgIpc) is 2.76. The van der Waals surface area contributed by atoms with Crippen molar-refractivity contribution in [2.45, 2.75) is 91.5 Å². The lowest BCUT2D eigenvalue weighted by Crippen LogP contribution is -2.54. The van der Waals surface area contributed by atoms with Gasteiger partial charge in [0.2, 0.25) is 0 Å². The quantitative estimate of drug-likeness (QED) is 0.421. The summed E-state index contributed by atoms with van der Waals surface area (Å²) in [5.41, 5.74) is -0.0252. The van der Waals surface area contributed by atoms with Gasteiger partial charge in [0, 0.05) is 44.8 Å². The van der Waals surface area contributed by atoms with Crippen LogP contribution < -0.4 is 9.47 Å². The zero-order valence-corrected chi connectivity index (χ0v) is 22.8. The van der Waals surface area contributed by atoms with Gasteiger partial charge in [0.25, 0.3) is 5.91 Å². The number of nitrogens with zero attached hydrogens (tertiary/aromatic N) is 2. The second-order valence-electron chi connectivity index (χ2n) is 10.6. The van der Waals surface area contributed by atoms with Gasteiger partial charge in [-0.15, -0.1) is 0 Å². The lowest BCUT2D eigenvalue weighted by molar-refractivity contribution is 0.00751. The molecule has 0 N–H and O–H groups in total. The van der Waals surface area contributed by atoms with E-state index >= 15 is 0 Å². The van der Waals surface area contributed by atoms with Gasteiger partial charge in [-0.05, 0) is 79.5 Å². The Hall–Kier alpha value is -2.48. The summed E-state index contributed by atoms with van der Waals surface area (Å²) >= 11 is 0. The number of carbonyl (C=O) groups excluding carboxylic acids is 2. The predicted octanol–water partition coefficient (Wildman–Crippen LogP) is 5.14. The molecule has 198 valence electrons. The van der Waals surface area contributed by atoms with E-state index in [-0.39, 0.29) is 30.2 Å². The van der Waals surface area contributed by atoms with Crippen LogP contribution in [-0.2, 0) is 9.47 Å². The van der Waals surface area contributed by atoms with Crippen molar-refractivity contribution in [1.82, 2.24) is 9.80 Å². The van der Waals surface area contributed by atoms with Crippen molar-refractivity contribution in [3.05, 3.63) is 23.8 Å². The number of hydrogen-bond donors (Lipinski definition) is 0. The molecule has 1 aliphatic heterocycles. The van der Waals surface area contributed by atoms with Crippen molar-refractivity contribution < 1.29 is 28.5 Å². The molecule has 1 aromatic rings. The molecule has 0 aliphatic carbocycles. The van der Waals surface area contributed by atoms with Crippen LogP contribution in [0.3, 0.4) is 0 Å². The highest BCUT2D eigenvalue weighted by atomic mass is 16.6. The summed E-state index contributed by atoms with van der Waals surface area (Å²) < 4.78 is 22.5. The number of hydrogen-bond acceptors (Lipinski definition) is 6. The van der Waals surface area contributed by atoms with Crippen LogP contribution in [-0.4, -0.2) is 79.0 Å². The number of ether oxygens (including phenoxy) is 4. The standard InChI is InChI=1S/C27H44N2O6/c1-19(2)29(22-11-9-14-28(18-22)26(31)35-27(5,6)7)25(30)21-12-13-23(34-20(3)4)24(17-21)33-16-10-15-32-8/h12-13,17,19-20,22H,9-11,14-16,18H2,1-8H3/t22-/m1/s1. The van der Waals surface area contributed by atoms with Crippen molar-refractivity contribution in [2.75, 3.05) is 33.4 Å². The number of methoxy groups -OCH3 is 1. The molecular formula is C27H44N2O6. The number of likely N-dealkylation sites (tertiary alicyclic amines) is 1. The van der Waals surface area contributed by atoms with Gasteiger partial charge in [-0.1, -0.05) is 0 Å². The first-order valence-electron chi connectivity index (χ1n) is 12.7. The molecule has 0 saturated carbocycles. The molecule has 0 bridgehead atoms. The second kappa shape index (κ2) is 13.0. The summed E-state index contributed by atoms with van der Waals surface area (Å²) in [7, 11) is 1.66. The van der Waals surface area contributed by atoms with Crippen LogP contribution in [0.15, 0.2) is 18.2 Å². The Balaban J connectivity index is 2.24. The maximum Gasteiger partial charge on any atom is 0.410 e. The Kier molecular flexibility index (Phi) is 10.7. The van der Waals surface area contributed by atoms with Crippen LogP contribution in [0.25, 0.3) is 0 Å². The molecule has 8 nitrogen and oxygen atoms in total. The molecule has 1 fully saturated rings. The molecule has 8 heteroatoms. The summed E-state index contributed by atoms with van der Waals surface area (Å²) in [5, 5.41) is 0. The van der Waals surface area contributed by atoms with E-state index in [0.29, 0.717) is 43.4 Å². The Bertz CT molecular complexity index is 833. The zero-order chi connectivity index (χ0) is 26.2. The molecule has 1 atom stereocenters. The lowest BCUT2D eigenvalue weighted by atomic mass is 10.0. The first-order chi connectivity index (χ1) is 16.4. The van der Waals surface area contributed by atoms with E-state index in [0.717, 1.165) is 19.3 Å². The maximum absolute atomic E-state index is 13.7. The minimum Gasteiger partial charge on any atom is -0.490 e. The summed E-state index contributed by atoms with van der Waals surface area (Å²) in [6.45, 7) is 15.6. The van der Waals surface area contributed by atoms with E-state index in [2.05, 4.69) is 0 Å². The van der Waals surface area contributed by atoms with Crippen LogP contribution in [0.2, 0.25) is 0 Å². The minimum atomic E-state index is -0.558. The first kappa shape index (κ1) is 28.8. The molecule has 0 aromatic heterocycles. The zero-order valence-electron chi connectivity index (χ0n) is 22.8. The fraction of sp³-hybridized carbons (Fsp3) is 0.704. The van der Waals surface area contributed by atoms with Crippen LogP contribution in [0.4, 0.5) is 4.79 Å². The number of carbonyl (C=O) groups is 2. The van der Waals surface area contributed by atoms with Gasteiger partial charge < -0.3 is 28.7 Å². The molecule has 0 unspecified atom stereocenters. The molecular weight excluding hydrogens is 448 g/mol. The maximum atomic E-state index is 13.7. The number of benzene rings is 1. The molecule has 0 spiro atoms. The molecule has 1 aromatic carbocycles. The van der Waals surface area contributed by atoms with Gasteiger partial charge in [0.15, 0.2) is 11.5 Å². The molecule has 1 saturated heterocycles. The summed E-state index contributed by atoms with van der Waals surface area (Å²) in [4.78, 5) is 30.0. The normalized spacial score (nSPS) is 16.4. The van der Waals surface area contributed by atoms with Crippen molar-refractivity contribution in [3.63, 3.8) is 0 Å². The monoisotopic (exact) mass is 492 g/mol. The van der Waals surface area contributed by atoms with E-state index in [1.165, 1.54) is 0 Å². The van der Waals surface area contributed by atoms with Crippen molar-refractivity contribution >= 4 is 12.0 Å². The van der Waals surface area contributed by atoms with Gasteiger partial charge in [0.1, 0.15) is 5.60 Å². The van der Waals surface area contributed by atoms with Crippen LogP contribution in [0.5, 0.6) is 11.5 Å². The van der Waals surface area contributed by atoms with Crippen LogP contribution >= 0.6 is 0 Å². The van der Waals surface area contributed by atoms with Gasteiger partial charge in [-0.2, -0.15) is 0 Å². The number of amides is 2. The third-order valence-electron chi connectivity index (χ3n) is 5.54. The van der Waals surface area contributed by atoms with Gasteiger partial charge in [-0.25, -0.2) is 4.79 Å². The van der Waals surface area contributed by atoms with E-state index in [1.54, 1.807) is 30.2 Å². The highest BCUT2D eigenvalue weighted by Crippen LogP contribution is 2.31. The molecule has 2 amide bonds. The predicted molar refractivity (Wildman–Crippen MR) is 136 cm³/mol. The van der Waals surface area contributed by atoms with Gasteiger partial charge in [-0.3, -0.25) is 4.79 Å². The number of piperidine rings is 1. The third kappa shape index (κ3) is 8.91. The fourth-order valence-corrected chi connectivity index (χ4v) is 4.14. The van der Waals surface area contributed by atoms with Gasteiger partial charge >= 0.3 is 6.09 Å². The van der Waals surface area contributed by atoms with Crippen LogP contribution in [0, 0.1) is 0 Å². The lowest BCUT2D eigenvalue weighted by Gasteiger charge is -2.41. The SMILES string of the molecule is COCCCOc1cc(C(=O)N(C(C)C)[C@@H]2CCCN(C(=O)OC(C)(C)C)C2)ccc1OC(C)C. The number of rotatable bonds is 10. The highest BCUT2D eigenvalue weighted by molar-refractivity contribution is 5.95. The highest BCUT2D eigenvalue weighted by Gasteiger charge is 2.34. The third-order valence-corrected chi connectivity index (χ3v) is 5.54. The van der Waals surface area contributed by atoms with Crippen LogP contribution in [0.1, 0.15) is 78.1 Å².